The Balaban J connectivity index is 2.14. The summed E-state index contributed by atoms with van der Waals surface area (Å²) in [5, 5.41) is 4.18. The standard InChI is InChI=1S/C18H18ClFN4OS/c1-24-13(5-6-23-24)15-14(16(18(22)25)26-17(15)19)11(9-21)7-10-3-2-4-12(20)8-10/h2-6,8,11H,7,9,21H2,1H3,(H2,22,25)/t11-/m1/s1. The van der Waals surface area contributed by atoms with Crippen LogP contribution >= 0.6 is 22.9 Å². The molecule has 136 valence electrons. The zero-order valence-electron chi connectivity index (χ0n) is 14.1. The molecule has 1 amide bonds. The lowest BCUT2D eigenvalue weighted by Gasteiger charge is -2.18. The van der Waals surface area contributed by atoms with Gasteiger partial charge >= 0.3 is 0 Å². The topological polar surface area (TPSA) is 86.9 Å². The molecule has 0 bridgehead atoms. The Bertz CT molecular complexity index is 953. The largest absolute Gasteiger partial charge is 0.365 e. The number of nitrogens with zero attached hydrogens (tertiary/aromatic N) is 2. The van der Waals surface area contributed by atoms with Gasteiger partial charge in [-0.3, -0.25) is 9.48 Å². The first kappa shape index (κ1) is 18.6. The van der Waals surface area contributed by atoms with Crippen LogP contribution in [0.4, 0.5) is 4.39 Å². The summed E-state index contributed by atoms with van der Waals surface area (Å²) in [5.74, 6) is -1.12. The summed E-state index contributed by atoms with van der Waals surface area (Å²) in [6.07, 6.45) is 2.12. The van der Waals surface area contributed by atoms with E-state index in [1.165, 1.54) is 12.1 Å². The van der Waals surface area contributed by atoms with E-state index in [0.29, 0.717) is 26.8 Å². The zero-order chi connectivity index (χ0) is 18.8. The normalized spacial score (nSPS) is 12.3. The Morgan fingerprint density at radius 1 is 1.42 bits per heavy atom. The van der Waals surface area contributed by atoms with Crippen molar-refractivity contribution in [3.8, 4) is 11.3 Å². The number of primary amides is 1. The minimum Gasteiger partial charge on any atom is -0.365 e. The third-order valence-electron chi connectivity index (χ3n) is 4.27. The second-order valence-electron chi connectivity index (χ2n) is 5.96. The molecule has 3 rings (SSSR count). The van der Waals surface area contributed by atoms with Crippen LogP contribution in [0.3, 0.4) is 0 Å². The fraction of sp³-hybridized carbons (Fsp3) is 0.222. The fourth-order valence-corrected chi connectivity index (χ4v) is 4.50. The first-order valence-electron chi connectivity index (χ1n) is 7.97. The molecular weight excluding hydrogens is 375 g/mol. The first-order chi connectivity index (χ1) is 12.4. The molecule has 5 nitrogen and oxygen atoms in total. The second kappa shape index (κ2) is 7.57. The van der Waals surface area contributed by atoms with Crippen molar-refractivity contribution in [3.05, 3.63) is 62.7 Å². The van der Waals surface area contributed by atoms with Gasteiger partial charge in [-0.15, -0.1) is 11.3 Å². The number of rotatable bonds is 6. The van der Waals surface area contributed by atoms with E-state index in [1.807, 2.05) is 12.1 Å². The van der Waals surface area contributed by atoms with Gasteiger partial charge in [-0.25, -0.2) is 4.39 Å². The van der Waals surface area contributed by atoms with E-state index in [4.69, 9.17) is 23.1 Å². The minimum atomic E-state index is -0.557. The van der Waals surface area contributed by atoms with E-state index in [0.717, 1.165) is 22.6 Å². The number of benzene rings is 1. The molecule has 0 unspecified atom stereocenters. The average Bonchev–Trinajstić information content (AvgIpc) is 3.15. The Labute approximate surface area is 159 Å². The van der Waals surface area contributed by atoms with E-state index in [9.17, 15) is 9.18 Å². The summed E-state index contributed by atoms with van der Waals surface area (Å²) in [7, 11) is 1.79. The third kappa shape index (κ3) is 3.51. The highest BCUT2D eigenvalue weighted by Gasteiger charge is 2.28. The van der Waals surface area contributed by atoms with Crippen LogP contribution in [0.5, 0.6) is 0 Å². The van der Waals surface area contributed by atoms with Crippen molar-refractivity contribution in [1.29, 1.82) is 0 Å². The maximum absolute atomic E-state index is 13.6. The van der Waals surface area contributed by atoms with Gasteiger partial charge in [0.1, 0.15) is 10.2 Å². The van der Waals surface area contributed by atoms with E-state index in [2.05, 4.69) is 5.10 Å². The maximum Gasteiger partial charge on any atom is 0.259 e. The van der Waals surface area contributed by atoms with Crippen molar-refractivity contribution in [3.63, 3.8) is 0 Å². The Morgan fingerprint density at radius 2 is 2.19 bits per heavy atom. The number of amides is 1. The summed E-state index contributed by atoms with van der Waals surface area (Å²) in [5.41, 5.74) is 14.6. The third-order valence-corrected chi connectivity index (χ3v) is 5.70. The number of halogens is 2. The molecule has 2 aromatic heterocycles. The molecular formula is C18H18ClFN4OS. The molecule has 0 aliphatic heterocycles. The molecule has 0 radical (unpaired) electrons. The Hall–Kier alpha value is -2.22. The monoisotopic (exact) mass is 392 g/mol. The van der Waals surface area contributed by atoms with Crippen LogP contribution in [0.15, 0.2) is 36.5 Å². The maximum atomic E-state index is 13.6. The molecule has 2 heterocycles. The smallest absolute Gasteiger partial charge is 0.259 e. The Morgan fingerprint density at radius 3 is 2.77 bits per heavy atom. The molecule has 0 fully saturated rings. The summed E-state index contributed by atoms with van der Waals surface area (Å²) in [6, 6.07) is 8.14. The van der Waals surface area contributed by atoms with Crippen LogP contribution in [0.25, 0.3) is 11.3 Å². The lowest BCUT2D eigenvalue weighted by atomic mass is 9.88. The van der Waals surface area contributed by atoms with Crippen LogP contribution in [0.2, 0.25) is 4.34 Å². The number of thiophene rings is 1. The first-order valence-corrected chi connectivity index (χ1v) is 9.16. The number of aryl methyl sites for hydroxylation is 1. The summed E-state index contributed by atoms with van der Waals surface area (Å²) in [4.78, 5) is 12.4. The average molecular weight is 393 g/mol. The second-order valence-corrected chi connectivity index (χ2v) is 7.59. The lowest BCUT2D eigenvalue weighted by molar-refractivity contribution is 0.100. The van der Waals surface area contributed by atoms with Gasteiger partial charge in [0.05, 0.1) is 10.6 Å². The van der Waals surface area contributed by atoms with Gasteiger partial charge in [-0.05, 0) is 42.3 Å². The van der Waals surface area contributed by atoms with Gasteiger partial charge in [-0.1, -0.05) is 23.7 Å². The molecule has 0 saturated heterocycles. The highest BCUT2D eigenvalue weighted by atomic mass is 35.5. The molecule has 0 aliphatic rings. The van der Waals surface area contributed by atoms with Gasteiger partial charge in [0.25, 0.3) is 5.91 Å². The van der Waals surface area contributed by atoms with Gasteiger partial charge in [-0.2, -0.15) is 5.10 Å². The van der Waals surface area contributed by atoms with Crippen LogP contribution in [-0.2, 0) is 13.5 Å². The highest BCUT2D eigenvalue weighted by Crippen LogP contribution is 2.44. The van der Waals surface area contributed by atoms with Crippen molar-refractivity contribution < 1.29 is 9.18 Å². The molecule has 4 N–H and O–H groups in total. The highest BCUT2D eigenvalue weighted by molar-refractivity contribution is 7.18. The molecule has 1 aromatic carbocycles. The summed E-state index contributed by atoms with van der Waals surface area (Å²) >= 11 is 7.59. The number of nitrogens with two attached hydrogens (primary N) is 2. The van der Waals surface area contributed by atoms with Crippen LogP contribution < -0.4 is 11.5 Å². The van der Waals surface area contributed by atoms with E-state index in [-0.39, 0.29) is 18.3 Å². The molecule has 26 heavy (non-hydrogen) atoms. The van der Waals surface area contributed by atoms with Crippen molar-refractivity contribution in [2.45, 2.75) is 12.3 Å². The van der Waals surface area contributed by atoms with Gasteiger partial charge in [0.2, 0.25) is 0 Å². The van der Waals surface area contributed by atoms with Gasteiger partial charge < -0.3 is 11.5 Å². The molecule has 3 aromatic rings. The summed E-state index contributed by atoms with van der Waals surface area (Å²) in [6.45, 7) is 0.259. The van der Waals surface area contributed by atoms with Crippen molar-refractivity contribution >= 4 is 28.8 Å². The number of hydrogen-bond acceptors (Lipinski definition) is 4. The number of carbonyl (C=O) groups excluding carboxylic acids is 1. The van der Waals surface area contributed by atoms with Crippen LogP contribution in [0.1, 0.15) is 26.7 Å². The van der Waals surface area contributed by atoms with E-state index >= 15 is 0 Å². The Kier molecular flexibility index (Phi) is 5.41. The van der Waals surface area contributed by atoms with Crippen LogP contribution in [0, 0.1) is 5.82 Å². The molecule has 0 aliphatic carbocycles. The van der Waals surface area contributed by atoms with Crippen molar-refractivity contribution in [2.75, 3.05) is 6.54 Å². The molecule has 1 atom stereocenters. The van der Waals surface area contributed by atoms with E-state index < -0.39 is 5.91 Å². The molecule has 8 heteroatoms. The van der Waals surface area contributed by atoms with E-state index in [1.54, 1.807) is 24.0 Å². The van der Waals surface area contributed by atoms with Gasteiger partial charge in [0.15, 0.2) is 0 Å². The van der Waals surface area contributed by atoms with Crippen molar-refractivity contribution in [1.82, 2.24) is 9.78 Å². The predicted molar refractivity (Wildman–Crippen MR) is 102 cm³/mol. The van der Waals surface area contributed by atoms with Crippen molar-refractivity contribution in [2.24, 2.45) is 18.5 Å². The number of carbonyl (C=O) groups is 1. The summed E-state index contributed by atoms with van der Waals surface area (Å²) < 4.78 is 15.7. The fourth-order valence-electron chi connectivity index (χ4n) is 3.10. The predicted octanol–water partition coefficient (Wildman–Crippen LogP) is 3.33. The SMILES string of the molecule is Cn1nccc1-c1c(Cl)sc(C(N)=O)c1[C@@H](CN)Cc1cccc(F)c1. The minimum absolute atomic E-state index is 0.243. The van der Waals surface area contributed by atoms with Crippen LogP contribution in [-0.4, -0.2) is 22.2 Å². The molecule has 0 saturated carbocycles. The number of aromatic nitrogens is 2. The quantitative estimate of drug-likeness (QED) is 0.674. The zero-order valence-corrected chi connectivity index (χ0v) is 15.6. The number of hydrogen-bond donors (Lipinski definition) is 2. The lowest BCUT2D eigenvalue weighted by Crippen LogP contribution is -2.20. The van der Waals surface area contributed by atoms with Gasteiger partial charge in [0, 0.05) is 24.7 Å². The molecule has 0 spiro atoms.